The maximum absolute atomic E-state index is 5.96. The molecular formula is C14H16ClNOS. The Bertz CT molecular complexity index is 495. The number of ether oxygens (including phenoxy) is 1. The average molecular weight is 282 g/mol. The molecule has 2 N–H and O–H groups in total. The lowest BCUT2D eigenvalue weighted by Crippen LogP contribution is -2.08. The average Bonchev–Trinajstić information content (AvgIpc) is 2.82. The Morgan fingerprint density at radius 1 is 1.22 bits per heavy atom. The van der Waals surface area contributed by atoms with Crippen LogP contribution in [0.15, 0.2) is 36.4 Å². The molecule has 18 heavy (non-hydrogen) atoms. The zero-order chi connectivity index (χ0) is 13.0. The minimum absolute atomic E-state index is 0.107. The summed E-state index contributed by atoms with van der Waals surface area (Å²) in [5, 5.41) is 0. The molecule has 0 unspecified atom stereocenters. The molecule has 96 valence electrons. The molecule has 0 aliphatic carbocycles. The third-order valence-electron chi connectivity index (χ3n) is 2.76. The van der Waals surface area contributed by atoms with E-state index in [0.717, 1.165) is 26.9 Å². The van der Waals surface area contributed by atoms with Gasteiger partial charge in [0, 0.05) is 10.9 Å². The Morgan fingerprint density at radius 3 is 2.50 bits per heavy atom. The van der Waals surface area contributed by atoms with Crippen molar-refractivity contribution >= 4 is 22.9 Å². The molecule has 0 radical (unpaired) electrons. The van der Waals surface area contributed by atoms with Crippen molar-refractivity contribution in [3.63, 3.8) is 0 Å². The summed E-state index contributed by atoms with van der Waals surface area (Å²) in [6.45, 7) is 2.63. The first-order valence-electron chi connectivity index (χ1n) is 5.91. The van der Waals surface area contributed by atoms with E-state index in [9.17, 15) is 0 Å². The van der Waals surface area contributed by atoms with Crippen molar-refractivity contribution in [1.82, 2.24) is 0 Å². The van der Waals surface area contributed by atoms with Crippen molar-refractivity contribution in [2.45, 2.75) is 26.0 Å². The molecule has 1 atom stereocenters. The van der Waals surface area contributed by atoms with Crippen molar-refractivity contribution in [2.24, 2.45) is 5.73 Å². The quantitative estimate of drug-likeness (QED) is 0.882. The van der Waals surface area contributed by atoms with Crippen LogP contribution in [-0.4, -0.2) is 0 Å². The van der Waals surface area contributed by atoms with Crippen LogP contribution < -0.4 is 10.5 Å². The van der Waals surface area contributed by atoms with Gasteiger partial charge in [0.05, 0.1) is 4.34 Å². The molecule has 4 heteroatoms. The van der Waals surface area contributed by atoms with Gasteiger partial charge in [0.2, 0.25) is 0 Å². The lowest BCUT2D eigenvalue weighted by atomic mass is 10.1. The van der Waals surface area contributed by atoms with E-state index in [2.05, 4.69) is 6.92 Å². The number of halogens is 1. The SMILES string of the molecule is CC[C@@H](N)c1ccc(OCc2ccc(Cl)s2)cc1. The van der Waals surface area contributed by atoms with E-state index in [1.54, 1.807) is 0 Å². The molecular weight excluding hydrogens is 266 g/mol. The normalized spacial score (nSPS) is 12.4. The van der Waals surface area contributed by atoms with Crippen molar-refractivity contribution in [2.75, 3.05) is 0 Å². The highest BCUT2D eigenvalue weighted by Gasteiger charge is 2.04. The van der Waals surface area contributed by atoms with Crippen molar-refractivity contribution in [1.29, 1.82) is 0 Å². The number of hydrogen-bond donors (Lipinski definition) is 1. The molecule has 0 saturated heterocycles. The molecule has 0 saturated carbocycles. The van der Waals surface area contributed by atoms with Crippen LogP contribution >= 0.6 is 22.9 Å². The number of hydrogen-bond acceptors (Lipinski definition) is 3. The minimum atomic E-state index is 0.107. The summed E-state index contributed by atoms with van der Waals surface area (Å²) in [7, 11) is 0. The smallest absolute Gasteiger partial charge is 0.122 e. The predicted octanol–water partition coefficient (Wildman–Crippen LogP) is 4.39. The molecule has 1 aromatic heterocycles. The zero-order valence-corrected chi connectivity index (χ0v) is 11.8. The predicted molar refractivity (Wildman–Crippen MR) is 77.3 cm³/mol. The van der Waals surface area contributed by atoms with Gasteiger partial charge in [-0.2, -0.15) is 0 Å². The second-order valence-electron chi connectivity index (χ2n) is 4.08. The molecule has 2 aromatic rings. The first kappa shape index (κ1) is 13.4. The van der Waals surface area contributed by atoms with Gasteiger partial charge in [0.15, 0.2) is 0 Å². The molecule has 0 aliphatic heterocycles. The van der Waals surface area contributed by atoms with Crippen LogP contribution in [0.2, 0.25) is 4.34 Å². The lowest BCUT2D eigenvalue weighted by molar-refractivity contribution is 0.309. The molecule has 1 aromatic carbocycles. The molecule has 0 spiro atoms. The summed E-state index contributed by atoms with van der Waals surface area (Å²) in [5.74, 6) is 0.853. The Labute approximate surface area is 116 Å². The van der Waals surface area contributed by atoms with E-state index in [4.69, 9.17) is 22.1 Å². The molecule has 1 heterocycles. The van der Waals surface area contributed by atoms with E-state index >= 15 is 0 Å². The molecule has 2 nitrogen and oxygen atoms in total. The number of benzene rings is 1. The van der Waals surface area contributed by atoms with Gasteiger partial charge >= 0.3 is 0 Å². The maximum atomic E-state index is 5.96. The third-order valence-corrected chi connectivity index (χ3v) is 3.96. The Balaban J connectivity index is 1.94. The standard InChI is InChI=1S/C14H16ClNOS/c1-2-13(16)10-3-5-11(6-4-10)17-9-12-7-8-14(15)18-12/h3-8,13H,2,9,16H2,1H3/t13-/m1/s1. The summed E-state index contributed by atoms with van der Waals surface area (Å²) < 4.78 is 6.47. The van der Waals surface area contributed by atoms with Crippen LogP contribution in [0.4, 0.5) is 0 Å². The molecule has 2 rings (SSSR count). The second kappa shape index (κ2) is 6.23. The Hall–Kier alpha value is -1.03. The van der Waals surface area contributed by atoms with Crippen LogP contribution in [0, 0.1) is 0 Å². The van der Waals surface area contributed by atoms with Gasteiger partial charge in [-0.15, -0.1) is 11.3 Å². The first-order chi connectivity index (χ1) is 8.69. The van der Waals surface area contributed by atoms with Crippen LogP contribution in [0.5, 0.6) is 5.75 Å². The van der Waals surface area contributed by atoms with E-state index in [0.29, 0.717) is 6.61 Å². The summed E-state index contributed by atoms with van der Waals surface area (Å²) in [4.78, 5) is 1.12. The molecule has 0 aliphatic rings. The van der Waals surface area contributed by atoms with Crippen molar-refractivity contribution in [3.05, 3.63) is 51.2 Å². The highest BCUT2D eigenvalue weighted by molar-refractivity contribution is 7.16. The summed E-state index contributed by atoms with van der Waals surface area (Å²) >= 11 is 7.40. The summed E-state index contributed by atoms with van der Waals surface area (Å²) in [6, 6.07) is 11.9. The number of nitrogens with two attached hydrogens (primary N) is 1. The van der Waals surface area contributed by atoms with E-state index in [-0.39, 0.29) is 6.04 Å². The van der Waals surface area contributed by atoms with E-state index in [1.807, 2.05) is 36.4 Å². The van der Waals surface area contributed by atoms with Crippen LogP contribution in [0.1, 0.15) is 29.8 Å². The summed E-state index contributed by atoms with van der Waals surface area (Å²) in [6.07, 6.45) is 0.938. The molecule has 0 fully saturated rings. The van der Waals surface area contributed by atoms with Gasteiger partial charge in [-0.1, -0.05) is 30.7 Å². The van der Waals surface area contributed by atoms with Crippen molar-refractivity contribution in [3.8, 4) is 5.75 Å². The second-order valence-corrected chi connectivity index (χ2v) is 5.88. The van der Waals surface area contributed by atoms with E-state index < -0.39 is 0 Å². The van der Waals surface area contributed by atoms with Crippen LogP contribution in [0.25, 0.3) is 0 Å². The largest absolute Gasteiger partial charge is 0.488 e. The Kier molecular flexibility index (Phi) is 4.64. The van der Waals surface area contributed by atoms with Gasteiger partial charge in [-0.25, -0.2) is 0 Å². The monoisotopic (exact) mass is 281 g/mol. The van der Waals surface area contributed by atoms with Gasteiger partial charge in [0.25, 0.3) is 0 Å². The molecule has 0 bridgehead atoms. The van der Waals surface area contributed by atoms with E-state index in [1.165, 1.54) is 11.3 Å². The molecule has 0 amide bonds. The van der Waals surface area contributed by atoms with Gasteiger partial charge in [0.1, 0.15) is 12.4 Å². The zero-order valence-electron chi connectivity index (χ0n) is 10.2. The first-order valence-corrected chi connectivity index (χ1v) is 7.11. The highest BCUT2D eigenvalue weighted by atomic mass is 35.5. The highest BCUT2D eigenvalue weighted by Crippen LogP contribution is 2.24. The topological polar surface area (TPSA) is 35.2 Å². The van der Waals surface area contributed by atoms with Crippen LogP contribution in [0.3, 0.4) is 0 Å². The van der Waals surface area contributed by atoms with Crippen molar-refractivity contribution < 1.29 is 4.74 Å². The van der Waals surface area contributed by atoms with Gasteiger partial charge in [-0.3, -0.25) is 0 Å². The third kappa shape index (κ3) is 3.48. The number of rotatable bonds is 5. The fraction of sp³-hybridized carbons (Fsp3) is 0.286. The van der Waals surface area contributed by atoms with Gasteiger partial charge < -0.3 is 10.5 Å². The van der Waals surface area contributed by atoms with Crippen LogP contribution in [-0.2, 0) is 6.61 Å². The minimum Gasteiger partial charge on any atom is -0.488 e. The van der Waals surface area contributed by atoms with Gasteiger partial charge in [-0.05, 0) is 36.2 Å². The fourth-order valence-corrected chi connectivity index (χ4v) is 2.63. The maximum Gasteiger partial charge on any atom is 0.122 e. The summed E-state index contributed by atoms with van der Waals surface area (Å²) in [5.41, 5.74) is 7.10. The lowest BCUT2D eigenvalue weighted by Gasteiger charge is -2.10. The number of thiophene rings is 1. The Morgan fingerprint density at radius 2 is 1.94 bits per heavy atom. The fourth-order valence-electron chi connectivity index (χ4n) is 1.63.